The molecule has 172 valence electrons. The van der Waals surface area contributed by atoms with Crippen molar-refractivity contribution in [2.24, 2.45) is 0 Å². The van der Waals surface area contributed by atoms with Gasteiger partial charge in [-0.2, -0.15) is 0 Å². The second kappa shape index (κ2) is 10.6. The fraction of sp³-hybridized carbons (Fsp3) is 0.120. The predicted molar refractivity (Wildman–Crippen MR) is 128 cm³/mol. The summed E-state index contributed by atoms with van der Waals surface area (Å²) in [5, 5.41) is 5.56. The number of para-hydroxylation sites is 1. The number of hydrogen-bond donors (Lipinski definition) is 1. The molecule has 0 spiro atoms. The summed E-state index contributed by atoms with van der Waals surface area (Å²) in [4.78, 5) is 41.4. The van der Waals surface area contributed by atoms with Gasteiger partial charge in [0, 0.05) is 22.4 Å². The fourth-order valence-electron chi connectivity index (χ4n) is 3.14. The molecule has 0 bridgehead atoms. The van der Waals surface area contributed by atoms with Gasteiger partial charge in [-0.3, -0.25) is 4.79 Å². The smallest absolute Gasteiger partial charge is 0.341 e. The van der Waals surface area contributed by atoms with Crippen LogP contribution in [0.4, 0.5) is 5.00 Å². The van der Waals surface area contributed by atoms with Crippen molar-refractivity contribution >= 4 is 51.2 Å². The number of benzene rings is 1. The van der Waals surface area contributed by atoms with Gasteiger partial charge < -0.3 is 19.2 Å². The molecule has 1 N–H and O–H groups in total. The van der Waals surface area contributed by atoms with Gasteiger partial charge in [0.25, 0.3) is 5.91 Å². The van der Waals surface area contributed by atoms with Crippen molar-refractivity contribution in [2.75, 3.05) is 18.5 Å². The summed E-state index contributed by atoms with van der Waals surface area (Å²) >= 11 is 1.14. The molecule has 0 saturated heterocycles. The largest absolute Gasteiger partial charge is 0.464 e. The minimum atomic E-state index is -0.696. The van der Waals surface area contributed by atoms with Crippen LogP contribution in [0.3, 0.4) is 0 Å². The number of anilines is 1. The van der Waals surface area contributed by atoms with Gasteiger partial charge in [0.2, 0.25) is 0 Å². The van der Waals surface area contributed by atoms with Crippen molar-refractivity contribution in [3.8, 4) is 11.3 Å². The van der Waals surface area contributed by atoms with Gasteiger partial charge in [0.1, 0.15) is 16.3 Å². The standard InChI is InChI=1S/C25H20N2O6S/c1-2-31-25(30)23-18(20-8-5-13-32-20)15-34-24(23)27-21(28)14-33-22(29)12-11-17-10-9-16-6-3-4-7-19(16)26-17/h3-13,15H,2,14H2,1H3,(H,27,28)/b12-11+. The Morgan fingerprint density at radius 1 is 1.09 bits per heavy atom. The van der Waals surface area contributed by atoms with Crippen LogP contribution in [0.15, 0.2) is 70.7 Å². The lowest BCUT2D eigenvalue weighted by Gasteiger charge is -2.08. The third-order valence-electron chi connectivity index (χ3n) is 4.67. The second-order valence-electron chi connectivity index (χ2n) is 6.97. The predicted octanol–water partition coefficient (Wildman–Crippen LogP) is 4.93. The number of fused-ring (bicyclic) bond motifs is 1. The minimum absolute atomic E-state index is 0.176. The van der Waals surface area contributed by atoms with Gasteiger partial charge in [0.05, 0.1) is 24.1 Å². The molecule has 0 atom stereocenters. The quantitative estimate of drug-likeness (QED) is 0.284. The van der Waals surface area contributed by atoms with E-state index in [0.29, 0.717) is 17.0 Å². The molecule has 3 aromatic heterocycles. The third-order valence-corrected chi connectivity index (χ3v) is 5.56. The van der Waals surface area contributed by atoms with Gasteiger partial charge in [-0.15, -0.1) is 11.3 Å². The molecule has 1 aromatic carbocycles. The van der Waals surface area contributed by atoms with E-state index in [9.17, 15) is 14.4 Å². The number of amides is 1. The van der Waals surface area contributed by atoms with E-state index >= 15 is 0 Å². The Bertz CT molecular complexity index is 1360. The number of ether oxygens (including phenoxy) is 2. The van der Waals surface area contributed by atoms with Crippen LogP contribution in [0.2, 0.25) is 0 Å². The number of nitrogens with one attached hydrogen (secondary N) is 1. The first kappa shape index (κ1) is 22.9. The highest BCUT2D eigenvalue weighted by Gasteiger charge is 2.24. The van der Waals surface area contributed by atoms with Gasteiger partial charge in [-0.1, -0.05) is 24.3 Å². The maximum atomic E-state index is 12.5. The van der Waals surface area contributed by atoms with Crippen LogP contribution in [0.25, 0.3) is 28.3 Å². The van der Waals surface area contributed by atoms with Crippen LogP contribution in [-0.2, 0) is 19.1 Å². The number of carbonyl (C=O) groups excluding carboxylic acids is 3. The molecular weight excluding hydrogens is 456 g/mol. The summed E-state index contributed by atoms with van der Waals surface area (Å²) in [5.41, 5.74) is 2.08. The fourth-order valence-corrected chi connectivity index (χ4v) is 4.10. The van der Waals surface area contributed by atoms with Crippen LogP contribution >= 0.6 is 11.3 Å². The van der Waals surface area contributed by atoms with Crippen LogP contribution in [0.5, 0.6) is 0 Å². The molecule has 3 heterocycles. The van der Waals surface area contributed by atoms with Gasteiger partial charge in [-0.05, 0) is 37.3 Å². The molecule has 1 amide bonds. The Morgan fingerprint density at radius 2 is 1.94 bits per heavy atom. The monoisotopic (exact) mass is 476 g/mol. The normalized spacial score (nSPS) is 11.0. The maximum Gasteiger partial charge on any atom is 0.341 e. The highest BCUT2D eigenvalue weighted by Crippen LogP contribution is 2.36. The molecular formula is C25H20N2O6S. The average molecular weight is 477 g/mol. The molecule has 0 unspecified atom stereocenters. The molecule has 0 aliphatic carbocycles. The Labute approximate surface area is 198 Å². The van der Waals surface area contributed by atoms with Crippen molar-refractivity contribution in [1.82, 2.24) is 4.98 Å². The number of nitrogens with zero attached hydrogens (tertiary/aromatic N) is 1. The molecule has 9 heteroatoms. The summed E-state index contributed by atoms with van der Waals surface area (Å²) in [7, 11) is 0. The molecule has 4 aromatic rings. The zero-order valence-corrected chi connectivity index (χ0v) is 19.0. The summed E-state index contributed by atoms with van der Waals surface area (Å²) in [6, 6.07) is 14.7. The van der Waals surface area contributed by atoms with Crippen molar-refractivity contribution < 1.29 is 28.3 Å². The first-order chi connectivity index (χ1) is 16.5. The van der Waals surface area contributed by atoms with Crippen LogP contribution in [-0.4, -0.2) is 36.0 Å². The zero-order chi connectivity index (χ0) is 23.9. The zero-order valence-electron chi connectivity index (χ0n) is 18.1. The highest BCUT2D eigenvalue weighted by molar-refractivity contribution is 7.15. The number of carbonyl (C=O) groups is 3. The lowest BCUT2D eigenvalue weighted by atomic mass is 10.1. The molecule has 4 rings (SSSR count). The molecule has 0 saturated carbocycles. The van der Waals surface area contributed by atoms with Crippen molar-refractivity contribution in [2.45, 2.75) is 6.92 Å². The molecule has 0 aliphatic heterocycles. The molecule has 0 fully saturated rings. The van der Waals surface area contributed by atoms with Gasteiger partial charge >= 0.3 is 11.9 Å². The lowest BCUT2D eigenvalue weighted by molar-refractivity contribution is -0.142. The summed E-state index contributed by atoms with van der Waals surface area (Å²) in [5.74, 6) is -1.41. The van der Waals surface area contributed by atoms with Gasteiger partial charge in [0.15, 0.2) is 6.61 Å². The summed E-state index contributed by atoms with van der Waals surface area (Å²) in [6.45, 7) is 1.34. The molecule has 0 aliphatic rings. The van der Waals surface area contributed by atoms with E-state index in [2.05, 4.69) is 10.3 Å². The van der Waals surface area contributed by atoms with E-state index in [1.165, 1.54) is 18.4 Å². The summed E-state index contributed by atoms with van der Waals surface area (Å²) in [6.07, 6.45) is 4.20. The van der Waals surface area contributed by atoms with E-state index in [0.717, 1.165) is 22.2 Å². The SMILES string of the molecule is CCOC(=O)c1c(-c2ccco2)csc1NC(=O)COC(=O)/C=C/c1ccc2ccccc2n1. The van der Waals surface area contributed by atoms with E-state index < -0.39 is 24.5 Å². The maximum absolute atomic E-state index is 12.5. The number of esters is 2. The lowest BCUT2D eigenvalue weighted by Crippen LogP contribution is -2.21. The van der Waals surface area contributed by atoms with Gasteiger partial charge in [-0.25, -0.2) is 14.6 Å². The minimum Gasteiger partial charge on any atom is -0.464 e. The Morgan fingerprint density at radius 3 is 2.74 bits per heavy atom. The number of furan rings is 1. The first-order valence-corrected chi connectivity index (χ1v) is 11.3. The van der Waals surface area contributed by atoms with E-state index in [1.54, 1.807) is 30.5 Å². The Kier molecular flexibility index (Phi) is 7.14. The Balaban J connectivity index is 1.38. The average Bonchev–Trinajstić information content (AvgIpc) is 3.51. The van der Waals surface area contributed by atoms with Crippen molar-refractivity contribution in [1.29, 1.82) is 0 Å². The van der Waals surface area contributed by atoms with Crippen LogP contribution < -0.4 is 5.32 Å². The highest BCUT2D eigenvalue weighted by atomic mass is 32.1. The first-order valence-electron chi connectivity index (χ1n) is 10.4. The third kappa shape index (κ3) is 5.38. The van der Waals surface area contributed by atoms with E-state index in [1.807, 2.05) is 30.3 Å². The number of hydrogen-bond acceptors (Lipinski definition) is 8. The van der Waals surface area contributed by atoms with Crippen molar-refractivity contribution in [3.05, 3.63) is 77.5 Å². The summed E-state index contributed by atoms with van der Waals surface area (Å²) < 4.78 is 15.5. The molecule has 0 radical (unpaired) electrons. The van der Waals surface area contributed by atoms with E-state index in [-0.39, 0.29) is 17.2 Å². The molecule has 8 nitrogen and oxygen atoms in total. The number of aromatic nitrogens is 1. The second-order valence-corrected chi connectivity index (χ2v) is 7.85. The number of thiophene rings is 1. The van der Waals surface area contributed by atoms with Crippen LogP contribution in [0, 0.1) is 0 Å². The topological polar surface area (TPSA) is 108 Å². The van der Waals surface area contributed by atoms with Crippen molar-refractivity contribution in [3.63, 3.8) is 0 Å². The van der Waals surface area contributed by atoms with E-state index in [4.69, 9.17) is 13.9 Å². The Hall–Kier alpha value is -4.24. The van der Waals surface area contributed by atoms with Crippen LogP contribution in [0.1, 0.15) is 23.0 Å². The number of pyridine rings is 1. The molecule has 34 heavy (non-hydrogen) atoms. The number of rotatable bonds is 8.